The van der Waals surface area contributed by atoms with Gasteiger partial charge in [-0.05, 0) is 29.7 Å². The summed E-state index contributed by atoms with van der Waals surface area (Å²) in [7, 11) is 3.16. The number of hydrogen-bond acceptors (Lipinski definition) is 4. The summed E-state index contributed by atoms with van der Waals surface area (Å²) in [5, 5.41) is 11.9. The van der Waals surface area contributed by atoms with Gasteiger partial charge in [-0.25, -0.2) is 4.79 Å². The summed E-state index contributed by atoms with van der Waals surface area (Å²) in [5.41, 5.74) is 2.00. The van der Waals surface area contributed by atoms with E-state index in [9.17, 15) is 4.79 Å². The third kappa shape index (κ3) is 3.62. The number of urea groups is 1. The van der Waals surface area contributed by atoms with Crippen LogP contribution in [0.2, 0.25) is 0 Å². The molecule has 0 saturated carbocycles. The Morgan fingerprint density at radius 2 is 2.13 bits per heavy atom. The summed E-state index contributed by atoms with van der Waals surface area (Å²) in [6.07, 6.45) is 0.919. The van der Waals surface area contributed by atoms with E-state index in [-0.39, 0.29) is 18.5 Å². The molecule has 6 nitrogen and oxygen atoms in total. The van der Waals surface area contributed by atoms with Crippen molar-refractivity contribution in [2.24, 2.45) is 0 Å². The van der Waals surface area contributed by atoms with Gasteiger partial charge in [0, 0.05) is 19.0 Å². The van der Waals surface area contributed by atoms with E-state index in [0.29, 0.717) is 36.9 Å². The molecule has 2 amide bonds. The molecule has 0 bridgehead atoms. The van der Waals surface area contributed by atoms with Crippen LogP contribution in [0, 0.1) is 11.3 Å². The van der Waals surface area contributed by atoms with Crippen molar-refractivity contribution in [1.29, 1.82) is 5.26 Å². The molecule has 0 aliphatic carbocycles. The predicted octanol–water partition coefficient (Wildman–Crippen LogP) is 2.47. The van der Waals surface area contributed by atoms with Gasteiger partial charge in [-0.3, -0.25) is 0 Å². The number of halogens is 1. The number of carbonyl (C=O) groups is 1. The highest BCUT2D eigenvalue weighted by Gasteiger charge is 2.31. The predicted molar refractivity (Wildman–Crippen MR) is 87.0 cm³/mol. The first-order chi connectivity index (χ1) is 11.2. The SMILES string of the molecule is COc1cc2c(cc1OC)C(CC#N)N(C(=O)NCCCl)CC2. The van der Waals surface area contributed by atoms with Gasteiger partial charge < -0.3 is 19.7 Å². The van der Waals surface area contributed by atoms with Gasteiger partial charge in [0.15, 0.2) is 11.5 Å². The highest BCUT2D eigenvalue weighted by Crippen LogP contribution is 2.39. The van der Waals surface area contributed by atoms with Gasteiger partial charge in [-0.2, -0.15) is 5.26 Å². The van der Waals surface area contributed by atoms with Gasteiger partial charge in [0.2, 0.25) is 0 Å². The molecule has 1 unspecified atom stereocenters. The van der Waals surface area contributed by atoms with E-state index >= 15 is 0 Å². The average Bonchev–Trinajstić information content (AvgIpc) is 2.58. The topological polar surface area (TPSA) is 74.6 Å². The lowest BCUT2D eigenvalue weighted by Crippen LogP contribution is -2.46. The van der Waals surface area contributed by atoms with Crippen molar-refractivity contribution in [3.05, 3.63) is 23.3 Å². The number of benzene rings is 1. The van der Waals surface area contributed by atoms with Crippen LogP contribution in [-0.4, -0.2) is 44.1 Å². The summed E-state index contributed by atoms with van der Waals surface area (Å²) in [4.78, 5) is 14.0. The Bertz CT molecular complexity index is 615. The van der Waals surface area contributed by atoms with Gasteiger partial charge >= 0.3 is 6.03 Å². The minimum absolute atomic E-state index is 0.202. The number of nitrogens with one attached hydrogen (secondary N) is 1. The molecule has 0 spiro atoms. The smallest absolute Gasteiger partial charge is 0.317 e. The number of ether oxygens (including phenoxy) is 2. The third-order valence-corrected chi connectivity index (χ3v) is 4.11. The van der Waals surface area contributed by atoms with Crippen LogP contribution in [0.25, 0.3) is 0 Å². The van der Waals surface area contributed by atoms with Crippen molar-refractivity contribution >= 4 is 17.6 Å². The van der Waals surface area contributed by atoms with E-state index in [4.69, 9.17) is 26.3 Å². The molecular formula is C16H20ClN3O3. The summed E-state index contributed by atoms with van der Waals surface area (Å²) in [6.45, 7) is 0.942. The quantitative estimate of drug-likeness (QED) is 0.837. The van der Waals surface area contributed by atoms with Crippen molar-refractivity contribution in [2.45, 2.75) is 18.9 Å². The molecule has 0 radical (unpaired) electrons. The monoisotopic (exact) mass is 337 g/mol. The Morgan fingerprint density at radius 3 is 2.74 bits per heavy atom. The van der Waals surface area contributed by atoms with Crippen molar-refractivity contribution in [1.82, 2.24) is 10.2 Å². The number of hydrogen-bond donors (Lipinski definition) is 1. The molecule has 2 rings (SSSR count). The van der Waals surface area contributed by atoms with E-state index in [2.05, 4.69) is 11.4 Å². The summed E-state index contributed by atoms with van der Waals surface area (Å²) in [6, 6.07) is 5.44. The molecule has 1 aliphatic heterocycles. The maximum atomic E-state index is 12.3. The lowest BCUT2D eigenvalue weighted by molar-refractivity contribution is 0.170. The van der Waals surface area contributed by atoms with E-state index in [1.165, 1.54) is 0 Å². The third-order valence-electron chi connectivity index (χ3n) is 3.92. The molecule has 0 fully saturated rings. The molecule has 1 aliphatic rings. The lowest BCUT2D eigenvalue weighted by Gasteiger charge is -2.36. The molecule has 1 atom stereocenters. The number of methoxy groups -OCH3 is 2. The van der Waals surface area contributed by atoms with Crippen LogP contribution < -0.4 is 14.8 Å². The van der Waals surface area contributed by atoms with Gasteiger partial charge in [-0.1, -0.05) is 0 Å². The first kappa shape index (κ1) is 17.2. The number of rotatable bonds is 5. The second kappa shape index (κ2) is 7.93. The molecule has 1 aromatic rings. The van der Waals surface area contributed by atoms with Crippen molar-refractivity contribution < 1.29 is 14.3 Å². The largest absolute Gasteiger partial charge is 0.493 e. The average molecular weight is 338 g/mol. The molecule has 0 aromatic heterocycles. The fourth-order valence-corrected chi connectivity index (χ4v) is 2.93. The fourth-order valence-electron chi connectivity index (χ4n) is 2.83. The first-order valence-corrected chi connectivity index (χ1v) is 7.91. The summed E-state index contributed by atoms with van der Waals surface area (Å²) < 4.78 is 10.7. The molecule has 124 valence electrons. The summed E-state index contributed by atoms with van der Waals surface area (Å²) in [5.74, 6) is 1.60. The number of fused-ring (bicyclic) bond motifs is 1. The van der Waals surface area contributed by atoms with Gasteiger partial charge in [0.05, 0.1) is 32.8 Å². The Labute approximate surface area is 140 Å². The zero-order chi connectivity index (χ0) is 16.8. The lowest BCUT2D eigenvalue weighted by atomic mass is 9.90. The van der Waals surface area contributed by atoms with Crippen LogP contribution in [0.1, 0.15) is 23.6 Å². The Hall–Kier alpha value is -2.13. The van der Waals surface area contributed by atoms with Crippen LogP contribution in [0.4, 0.5) is 4.79 Å². The zero-order valence-electron chi connectivity index (χ0n) is 13.3. The van der Waals surface area contributed by atoms with Crippen LogP contribution in [0.3, 0.4) is 0 Å². The van der Waals surface area contributed by atoms with Crippen LogP contribution in [-0.2, 0) is 6.42 Å². The Kier molecular flexibility index (Phi) is 5.94. The van der Waals surface area contributed by atoms with Crippen LogP contribution in [0.15, 0.2) is 12.1 Å². The number of carbonyl (C=O) groups excluding carboxylic acids is 1. The first-order valence-electron chi connectivity index (χ1n) is 7.38. The molecule has 1 heterocycles. The minimum atomic E-state index is -0.307. The Balaban J connectivity index is 2.37. The van der Waals surface area contributed by atoms with Crippen LogP contribution >= 0.6 is 11.6 Å². The number of amides is 2. The number of alkyl halides is 1. The number of nitriles is 1. The number of nitrogens with zero attached hydrogens (tertiary/aromatic N) is 2. The second-order valence-electron chi connectivity index (χ2n) is 5.15. The normalized spacial score (nSPS) is 16.3. The minimum Gasteiger partial charge on any atom is -0.493 e. The van der Waals surface area contributed by atoms with Crippen molar-refractivity contribution in [3.8, 4) is 17.6 Å². The van der Waals surface area contributed by atoms with Crippen molar-refractivity contribution in [3.63, 3.8) is 0 Å². The standard InChI is InChI=1S/C16H20ClN3O3/c1-22-14-9-11-4-8-20(16(21)19-7-5-17)13(3-6-18)12(11)10-15(14)23-2/h9-10,13H,3-5,7-8H2,1-2H3,(H,19,21). The van der Waals surface area contributed by atoms with E-state index in [1.54, 1.807) is 19.1 Å². The van der Waals surface area contributed by atoms with Crippen LogP contribution in [0.5, 0.6) is 11.5 Å². The second-order valence-corrected chi connectivity index (χ2v) is 5.53. The molecule has 23 heavy (non-hydrogen) atoms. The maximum Gasteiger partial charge on any atom is 0.317 e. The molecule has 1 N–H and O–H groups in total. The molecule has 0 saturated heterocycles. The molecule has 1 aromatic carbocycles. The van der Waals surface area contributed by atoms with E-state index in [1.807, 2.05) is 12.1 Å². The van der Waals surface area contributed by atoms with Crippen molar-refractivity contribution in [2.75, 3.05) is 33.2 Å². The maximum absolute atomic E-state index is 12.3. The van der Waals surface area contributed by atoms with Gasteiger partial charge in [-0.15, -0.1) is 11.6 Å². The highest BCUT2D eigenvalue weighted by atomic mass is 35.5. The Morgan fingerprint density at radius 1 is 1.43 bits per heavy atom. The molecular weight excluding hydrogens is 318 g/mol. The van der Waals surface area contributed by atoms with Gasteiger partial charge in [0.25, 0.3) is 0 Å². The zero-order valence-corrected chi connectivity index (χ0v) is 14.0. The summed E-state index contributed by atoms with van der Waals surface area (Å²) >= 11 is 5.62. The van der Waals surface area contributed by atoms with Gasteiger partial charge in [0.1, 0.15) is 0 Å². The highest BCUT2D eigenvalue weighted by molar-refractivity contribution is 6.18. The van der Waals surface area contributed by atoms with E-state index < -0.39 is 0 Å². The fraction of sp³-hybridized carbons (Fsp3) is 0.500. The van der Waals surface area contributed by atoms with E-state index in [0.717, 1.165) is 11.1 Å². The molecule has 7 heteroatoms.